The lowest BCUT2D eigenvalue weighted by Gasteiger charge is -2.42. The van der Waals surface area contributed by atoms with Gasteiger partial charge >= 0.3 is 6.09 Å². The van der Waals surface area contributed by atoms with Gasteiger partial charge in [-0.3, -0.25) is 4.90 Å². The number of carbonyl (C=O) groups is 1. The number of amides is 1. The lowest BCUT2D eigenvalue weighted by atomic mass is 9.81. The molecule has 2 aromatic carbocycles. The van der Waals surface area contributed by atoms with E-state index < -0.39 is 11.6 Å². The highest BCUT2D eigenvalue weighted by atomic mass is 35.5. The maximum absolute atomic E-state index is 11.3. The lowest BCUT2D eigenvalue weighted by molar-refractivity contribution is 0.118. The van der Waals surface area contributed by atoms with Crippen molar-refractivity contribution >= 4 is 17.7 Å². The molecule has 1 heterocycles. The number of halogens is 1. The van der Waals surface area contributed by atoms with Crippen LogP contribution in [0.2, 0.25) is 5.02 Å². The van der Waals surface area contributed by atoms with Crippen LogP contribution in [0.15, 0.2) is 54.6 Å². The van der Waals surface area contributed by atoms with Gasteiger partial charge in [0.2, 0.25) is 0 Å². The molecule has 3 rings (SSSR count). The smallest absolute Gasteiger partial charge is 0.405 e. The van der Waals surface area contributed by atoms with Crippen molar-refractivity contribution in [3.05, 3.63) is 70.7 Å². The van der Waals surface area contributed by atoms with E-state index in [1.807, 2.05) is 42.5 Å². The first-order chi connectivity index (χ1) is 11.6. The highest BCUT2D eigenvalue weighted by molar-refractivity contribution is 6.30. The number of piperidine rings is 1. The number of hydrogen-bond acceptors (Lipinski definition) is 2. The fourth-order valence-electron chi connectivity index (χ4n) is 3.39. The molecule has 0 unspecified atom stereocenters. The Morgan fingerprint density at radius 1 is 1.08 bits per heavy atom. The van der Waals surface area contributed by atoms with Crippen molar-refractivity contribution in [1.82, 2.24) is 10.2 Å². The minimum absolute atomic E-state index is 0.538. The van der Waals surface area contributed by atoms with Crippen LogP contribution >= 0.6 is 11.6 Å². The highest BCUT2D eigenvalue weighted by Gasteiger charge is 2.37. The Morgan fingerprint density at radius 3 is 2.29 bits per heavy atom. The molecule has 0 aromatic heterocycles. The van der Waals surface area contributed by atoms with E-state index >= 15 is 0 Å². The molecule has 0 saturated carbocycles. The van der Waals surface area contributed by atoms with Gasteiger partial charge in [0.1, 0.15) is 0 Å². The molecule has 2 aromatic rings. The second-order valence-corrected chi connectivity index (χ2v) is 6.72. The standard InChI is InChI=1S/C19H21ClN2O2/c20-17-8-6-16(7-9-17)19(21-18(23)24)10-12-22(13-11-19)14-15-4-2-1-3-5-15/h1-9,21H,10-14H2,(H,23,24). The minimum atomic E-state index is -0.985. The minimum Gasteiger partial charge on any atom is -0.465 e. The second kappa shape index (κ2) is 7.24. The summed E-state index contributed by atoms with van der Waals surface area (Å²) in [6, 6.07) is 17.8. The van der Waals surface area contributed by atoms with Gasteiger partial charge in [-0.15, -0.1) is 0 Å². The third-order valence-electron chi connectivity index (χ3n) is 4.70. The molecule has 0 spiro atoms. The molecule has 2 N–H and O–H groups in total. The number of nitrogens with zero attached hydrogens (tertiary/aromatic N) is 1. The van der Waals surface area contributed by atoms with Crippen molar-refractivity contribution in [3.8, 4) is 0 Å². The molecule has 1 aliphatic heterocycles. The molecule has 0 atom stereocenters. The van der Waals surface area contributed by atoms with Crippen molar-refractivity contribution in [2.75, 3.05) is 13.1 Å². The predicted molar refractivity (Wildman–Crippen MR) is 95.2 cm³/mol. The van der Waals surface area contributed by atoms with Crippen molar-refractivity contribution in [2.45, 2.75) is 24.9 Å². The predicted octanol–water partition coefficient (Wildman–Crippen LogP) is 4.10. The van der Waals surface area contributed by atoms with Crippen LogP contribution in [-0.2, 0) is 12.1 Å². The van der Waals surface area contributed by atoms with Gasteiger partial charge in [0.05, 0.1) is 5.54 Å². The fourth-order valence-corrected chi connectivity index (χ4v) is 3.52. The summed E-state index contributed by atoms with van der Waals surface area (Å²) in [7, 11) is 0. The van der Waals surface area contributed by atoms with Crippen LogP contribution < -0.4 is 5.32 Å². The first-order valence-corrected chi connectivity index (χ1v) is 8.49. The van der Waals surface area contributed by atoms with Crippen molar-refractivity contribution in [3.63, 3.8) is 0 Å². The Bertz CT molecular complexity index is 680. The van der Waals surface area contributed by atoms with E-state index in [1.54, 1.807) is 0 Å². The van der Waals surface area contributed by atoms with E-state index in [2.05, 4.69) is 22.3 Å². The molecule has 1 aliphatic rings. The zero-order chi connectivity index (χ0) is 17.0. The summed E-state index contributed by atoms with van der Waals surface area (Å²) in [5.41, 5.74) is 1.72. The van der Waals surface area contributed by atoms with Crippen molar-refractivity contribution in [1.29, 1.82) is 0 Å². The number of rotatable bonds is 4. The maximum Gasteiger partial charge on any atom is 0.405 e. The Balaban J connectivity index is 1.73. The van der Waals surface area contributed by atoms with Crippen LogP contribution in [0.5, 0.6) is 0 Å². The largest absolute Gasteiger partial charge is 0.465 e. The second-order valence-electron chi connectivity index (χ2n) is 6.28. The van der Waals surface area contributed by atoms with Crippen LogP contribution in [0.3, 0.4) is 0 Å². The molecule has 0 aliphatic carbocycles. The van der Waals surface area contributed by atoms with Gasteiger partial charge in [-0.1, -0.05) is 54.1 Å². The summed E-state index contributed by atoms with van der Waals surface area (Å²) in [6.07, 6.45) is 0.503. The van der Waals surface area contributed by atoms with Gasteiger partial charge in [-0.2, -0.15) is 0 Å². The third-order valence-corrected chi connectivity index (χ3v) is 4.95. The van der Waals surface area contributed by atoms with E-state index in [4.69, 9.17) is 11.6 Å². The summed E-state index contributed by atoms with van der Waals surface area (Å²) in [4.78, 5) is 13.7. The molecule has 0 radical (unpaired) electrons. The van der Waals surface area contributed by atoms with Crippen molar-refractivity contribution < 1.29 is 9.90 Å². The van der Waals surface area contributed by atoms with Crippen LogP contribution in [0.25, 0.3) is 0 Å². The zero-order valence-electron chi connectivity index (χ0n) is 13.4. The average molecular weight is 345 g/mol. The zero-order valence-corrected chi connectivity index (χ0v) is 14.2. The number of likely N-dealkylation sites (tertiary alicyclic amines) is 1. The molecule has 24 heavy (non-hydrogen) atoms. The van der Waals surface area contributed by atoms with Gasteiger partial charge in [0, 0.05) is 24.7 Å². The van der Waals surface area contributed by atoms with E-state index in [0.717, 1.165) is 38.0 Å². The van der Waals surface area contributed by atoms with Gasteiger partial charge in [0.15, 0.2) is 0 Å². The Hall–Kier alpha value is -2.04. The molecule has 5 heteroatoms. The first kappa shape index (κ1) is 16.8. The van der Waals surface area contributed by atoms with Gasteiger partial charge in [-0.05, 0) is 36.1 Å². The highest BCUT2D eigenvalue weighted by Crippen LogP contribution is 2.34. The fraction of sp³-hybridized carbons (Fsp3) is 0.316. The molecule has 4 nitrogen and oxygen atoms in total. The maximum atomic E-state index is 11.3. The van der Waals surface area contributed by atoms with Gasteiger partial charge in [0.25, 0.3) is 0 Å². The number of carboxylic acid groups (broad SMARTS) is 1. The van der Waals surface area contributed by atoms with Gasteiger partial charge in [-0.25, -0.2) is 4.79 Å². The van der Waals surface area contributed by atoms with Crippen LogP contribution in [0.1, 0.15) is 24.0 Å². The van der Waals surface area contributed by atoms with Crippen LogP contribution in [0, 0.1) is 0 Å². The Kier molecular flexibility index (Phi) is 5.07. The molecule has 126 valence electrons. The molecule has 1 saturated heterocycles. The third kappa shape index (κ3) is 3.89. The normalized spacial score (nSPS) is 17.4. The molecular formula is C19H21ClN2O2. The monoisotopic (exact) mass is 344 g/mol. The summed E-state index contributed by atoms with van der Waals surface area (Å²) in [5, 5.41) is 12.7. The molecule has 0 bridgehead atoms. The SMILES string of the molecule is O=C(O)NC1(c2ccc(Cl)cc2)CCN(Cc2ccccc2)CC1. The van der Waals surface area contributed by atoms with E-state index in [1.165, 1.54) is 5.56 Å². The summed E-state index contributed by atoms with van der Waals surface area (Å²) >= 11 is 5.97. The first-order valence-electron chi connectivity index (χ1n) is 8.11. The van der Waals surface area contributed by atoms with E-state index in [0.29, 0.717) is 5.02 Å². The van der Waals surface area contributed by atoms with E-state index in [-0.39, 0.29) is 0 Å². The number of hydrogen-bond donors (Lipinski definition) is 2. The Morgan fingerprint density at radius 2 is 1.71 bits per heavy atom. The summed E-state index contributed by atoms with van der Waals surface area (Å²) < 4.78 is 0. The number of benzene rings is 2. The lowest BCUT2D eigenvalue weighted by Crippen LogP contribution is -2.52. The van der Waals surface area contributed by atoms with Crippen LogP contribution in [-0.4, -0.2) is 29.2 Å². The van der Waals surface area contributed by atoms with Gasteiger partial charge < -0.3 is 10.4 Å². The Labute approximate surface area is 147 Å². The quantitative estimate of drug-likeness (QED) is 0.878. The summed E-state index contributed by atoms with van der Waals surface area (Å²) in [5.74, 6) is 0. The molecule has 1 fully saturated rings. The van der Waals surface area contributed by atoms with E-state index in [9.17, 15) is 9.90 Å². The summed E-state index contributed by atoms with van der Waals surface area (Å²) in [6.45, 7) is 2.58. The van der Waals surface area contributed by atoms with Crippen molar-refractivity contribution in [2.24, 2.45) is 0 Å². The molecular weight excluding hydrogens is 324 g/mol. The number of nitrogens with one attached hydrogen (secondary N) is 1. The van der Waals surface area contributed by atoms with Crippen LogP contribution in [0.4, 0.5) is 4.79 Å². The average Bonchev–Trinajstić information content (AvgIpc) is 2.58. The molecule has 1 amide bonds. The topological polar surface area (TPSA) is 52.6 Å².